The molecule has 1 fully saturated rings. The van der Waals surface area contributed by atoms with E-state index in [9.17, 15) is 17.6 Å². The standard InChI is InChI=1S/C34H34F4N2O2/c35-29-10-4-25(5-11-29)33(26-6-12-30(36)13-7-26)41-22-20-39-16-18-40(19-17-39)21-23-42-34(27-8-14-31(37)15-9-27)28-2-1-3-32(38)24-28/h1-15,24,33-34H,16-23H2. The largest absolute Gasteiger partial charge is 0.367 e. The summed E-state index contributed by atoms with van der Waals surface area (Å²) in [4.78, 5) is 4.66. The van der Waals surface area contributed by atoms with Crippen LogP contribution >= 0.6 is 0 Å². The molecule has 4 aromatic carbocycles. The molecule has 1 aliphatic heterocycles. The smallest absolute Gasteiger partial charge is 0.123 e. The summed E-state index contributed by atoms with van der Waals surface area (Å²) in [5, 5.41) is 0. The molecular weight excluding hydrogens is 544 g/mol. The third-order valence-electron chi connectivity index (χ3n) is 7.52. The number of hydrogen-bond donors (Lipinski definition) is 0. The third kappa shape index (κ3) is 8.26. The number of hydrogen-bond acceptors (Lipinski definition) is 4. The maximum atomic E-state index is 13.9. The minimum atomic E-state index is -0.491. The monoisotopic (exact) mass is 578 g/mol. The summed E-state index contributed by atoms with van der Waals surface area (Å²) < 4.78 is 66.9. The van der Waals surface area contributed by atoms with E-state index in [0.29, 0.717) is 25.3 Å². The van der Waals surface area contributed by atoms with Crippen molar-refractivity contribution in [2.45, 2.75) is 12.2 Å². The lowest BCUT2D eigenvalue weighted by atomic mass is 10.0. The van der Waals surface area contributed by atoms with E-state index in [-0.39, 0.29) is 23.3 Å². The average Bonchev–Trinajstić information content (AvgIpc) is 3.00. The number of nitrogens with zero attached hydrogens (tertiary/aromatic N) is 2. The molecule has 1 aliphatic rings. The Hall–Kier alpha value is -3.56. The Bertz CT molecular complexity index is 1350. The first-order valence-electron chi connectivity index (χ1n) is 14.1. The number of ether oxygens (including phenoxy) is 2. The first-order chi connectivity index (χ1) is 20.4. The van der Waals surface area contributed by atoms with Crippen molar-refractivity contribution >= 4 is 0 Å². The molecule has 0 aliphatic carbocycles. The molecule has 4 aromatic rings. The van der Waals surface area contributed by atoms with Crippen LogP contribution < -0.4 is 0 Å². The van der Waals surface area contributed by atoms with Gasteiger partial charge in [-0.3, -0.25) is 9.80 Å². The van der Waals surface area contributed by atoms with Gasteiger partial charge < -0.3 is 9.47 Å². The Labute approximate surface area is 244 Å². The van der Waals surface area contributed by atoms with Gasteiger partial charge >= 0.3 is 0 Å². The van der Waals surface area contributed by atoms with E-state index in [0.717, 1.165) is 49.4 Å². The fraction of sp³-hybridized carbons (Fsp3) is 0.294. The topological polar surface area (TPSA) is 24.9 Å². The van der Waals surface area contributed by atoms with Crippen molar-refractivity contribution in [2.24, 2.45) is 0 Å². The van der Waals surface area contributed by atoms with Crippen LogP contribution in [-0.2, 0) is 9.47 Å². The Morgan fingerprint density at radius 3 is 1.24 bits per heavy atom. The van der Waals surface area contributed by atoms with Gasteiger partial charge in [-0.25, -0.2) is 17.6 Å². The van der Waals surface area contributed by atoms with E-state index in [1.165, 1.54) is 48.5 Å². The van der Waals surface area contributed by atoms with Gasteiger partial charge in [0.15, 0.2) is 0 Å². The van der Waals surface area contributed by atoms with E-state index in [1.54, 1.807) is 42.5 Å². The highest BCUT2D eigenvalue weighted by molar-refractivity contribution is 5.32. The van der Waals surface area contributed by atoms with E-state index in [1.807, 2.05) is 6.07 Å². The molecule has 1 atom stereocenters. The van der Waals surface area contributed by atoms with Crippen LogP contribution in [0.15, 0.2) is 97.1 Å². The fourth-order valence-electron chi connectivity index (χ4n) is 5.19. The quantitative estimate of drug-likeness (QED) is 0.173. The molecule has 0 radical (unpaired) electrons. The maximum Gasteiger partial charge on any atom is 0.123 e. The number of piperazine rings is 1. The van der Waals surface area contributed by atoms with Crippen LogP contribution in [0.2, 0.25) is 0 Å². The van der Waals surface area contributed by atoms with Crippen molar-refractivity contribution in [1.82, 2.24) is 9.80 Å². The average molecular weight is 579 g/mol. The van der Waals surface area contributed by atoms with Crippen molar-refractivity contribution < 1.29 is 27.0 Å². The van der Waals surface area contributed by atoms with Crippen LogP contribution in [0.5, 0.6) is 0 Å². The van der Waals surface area contributed by atoms with E-state index < -0.39 is 12.2 Å². The molecule has 1 saturated heterocycles. The second kappa shape index (κ2) is 14.6. The summed E-state index contributed by atoms with van der Waals surface area (Å²) >= 11 is 0. The predicted octanol–water partition coefficient (Wildman–Crippen LogP) is 6.77. The van der Waals surface area contributed by atoms with Crippen molar-refractivity contribution in [2.75, 3.05) is 52.5 Å². The van der Waals surface area contributed by atoms with Gasteiger partial charge in [-0.05, 0) is 70.8 Å². The lowest BCUT2D eigenvalue weighted by Gasteiger charge is -2.35. The number of halogens is 4. The van der Waals surface area contributed by atoms with Crippen LogP contribution in [-0.4, -0.2) is 62.3 Å². The lowest BCUT2D eigenvalue weighted by Crippen LogP contribution is -2.48. The molecule has 220 valence electrons. The van der Waals surface area contributed by atoms with Crippen LogP contribution in [0.4, 0.5) is 17.6 Å². The second-order valence-electron chi connectivity index (χ2n) is 10.4. The first-order valence-corrected chi connectivity index (χ1v) is 14.1. The highest BCUT2D eigenvalue weighted by Crippen LogP contribution is 2.28. The molecule has 8 heteroatoms. The Balaban J connectivity index is 1.10. The SMILES string of the molecule is Fc1ccc(C(OCCN2CCN(CCOC(c3ccc(F)cc3)c3cccc(F)c3)CC2)c2ccc(F)cc2)cc1. The van der Waals surface area contributed by atoms with Crippen LogP contribution in [0.25, 0.3) is 0 Å². The van der Waals surface area contributed by atoms with E-state index in [4.69, 9.17) is 9.47 Å². The minimum Gasteiger partial charge on any atom is -0.367 e. The van der Waals surface area contributed by atoms with Gasteiger partial charge in [0.25, 0.3) is 0 Å². The van der Waals surface area contributed by atoms with E-state index in [2.05, 4.69) is 9.80 Å². The highest BCUT2D eigenvalue weighted by Gasteiger charge is 2.21. The third-order valence-corrected chi connectivity index (χ3v) is 7.52. The number of rotatable bonds is 12. The molecule has 0 aromatic heterocycles. The van der Waals surface area contributed by atoms with Crippen molar-refractivity contribution in [3.05, 3.63) is 143 Å². The van der Waals surface area contributed by atoms with Gasteiger partial charge in [0.05, 0.1) is 13.2 Å². The summed E-state index contributed by atoms with van der Waals surface area (Å²) in [6, 6.07) is 24.8. The summed E-state index contributed by atoms with van der Waals surface area (Å²) in [6.45, 7) is 5.82. The zero-order chi connectivity index (χ0) is 29.3. The van der Waals surface area contributed by atoms with Crippen LogP contribution in [0.3, 0.4) is 0 Å². The summed E-state index contributed by atoms with van der Waals surface area (Å²) in [6.07, 6.45) is -0.910. The van der Waals surface area contributed by atoms with Crippen molar-refractivity contribution in [1.29, 1.82) is 0 Å². The van der Waals surface area contributed by atoms with Gasteiger partial charge in [0, 0.05) is 39.3 Å². The van der Waals surface area contributed by atoms with Crippen molar-refractivity contribution in [3.63, 3.8) is 0 Å². The van der Waals surface area contributed by atoms with Gasteiger partial charge in [-0.1, -0.05) is 48.5 Å². The normalized spacial score (nSPS) is 15.3. The predicted molar refractivity (Wildman–Crippen MR) is 154 cm³/mol. The molecule has 4 nitrogen and oxygen atoms in total. The minimum absolute atomic E-state index is 0.320. The first kappa shape index (κ1) is 29.9. The number of benzene rings is 4. The summed E-state index contributed by atoms with van der Waals surface area (Å²) in [5.74, 6) is -1.31. The van der Waals surface area contributed by atoms with Gasteiger partial charge in [-0.15, -0.1) is 0 Å². The highest BCUT2D eigenvalue weighted by atomic mass is 19.1. The zero-order valence-electron chi connectivity index (χ0n) is 23.3. The second-order valence-corrected chi connectivity index (χ2v) is 10.4. The molecule has 0 spiro atoms. The Kier molecular flexibility index (Phi) is 10.4. The Morgan fingerprint density at radius 2 is 0.857 bits per heavy atom. The summed E-state index contributed by atoms with van der Waals surface area (Å²) in [7, 11) is 0. The van der Waals surface area contributed by atoms with Gasteiger partial charge in [-0.2, -0.15) is 0 Å². The molecule has 0 saturated carbocycles. The zero-order valence-corrected chi connectivity index (χ0v) is 23.3. The molecule has 0 amide bonds. The van der Waals surface area contributed by atoms with Gasteiger partial charge in [0.1, 0.15) is 35.5 Å². The van der Waals surface area contributed by atoms with Gasteiger partial charge in [0.2, 0.25) is 0 Å². The molecule has 1 unspecified atom stereocenters. The van der Waals surface area contributed by atoms with E-state index >= 15 is 0 Å². The maximum absolute atomic E-state index is 13.9. The van der Waals surface area contributed by atoms with Crippen molar-refractivity contribution in [3.8, 4) is 0 Å². The summed E-state index contributed by atoms with van der Waals surface area (Å²) in [5.41, 5.74) is 3.08. The van der Waals surface area contributed by atoms with Crippen LogP contribution in [0, 0.1) is 23.3 Å². The molecular formula is C34H34F4N2O2. The van der Waals surface area contributed by atoms with Crippen LogP contribution in [0.1, 0.15) is 34.5 Å². The lowest BCUT2D eigenvalue weighted by molar-refractivity contribution is 0.0287. The molecule has 42 heavy (non-hydrogen) atoms. The molecule has 5 rings (SSSR count). The molecule has 0 N–H and O–H groups in total. The molecule has 0 bridgehead atoms. The Morgan fingerprint density at radius 1 is 0.476 bits per heavy atom. The molecule has 1 heterocycles. The fourth-order valence-corrected chi connectivity index (χ4v) is 5.19.